The number of methoxy groups -OCH3 is 1. The maximum Gasteiger partial charge on any atom is 0.137 e. The Balaban J connectivity index is 2.54. The highest BCUT2D eigenvalue weighted by molar-refractivity contribution is 6.32. The largest absolute Gasteiger partial charge is 0.492 e. The van der Waals surface area contributed by atoms with E-state index < -0.39 is 0 Å². The summed E-state index contributed by atoms with van der Waals surface area (Å²) in [7, 11) is 1.67. The molecule has 0 fully saturated rings. The fourth-order valence-corrected chi connectivity index (χ4v) is 1.55. The van der Waals surface area contributed by atoms with Gasteiger partial charge in [0.15, 0.2) is 0 Å². The topological polar surface area (TPSA) is 44.5 Å². The van der Waals surface area contributed by atoms with Crippen LogP contribution in [0.5, 0.6) is 5.75 Å². The molecule has 1 aromatic rings. The number of halogens is 1. The Morgan fingerprint density at radius 3 is 2.69 bits per heavy atom. The monoisotopic (exact) mass is 243 g/mol. The van der Waals surface area contributed by atoms with E-state index in [2.05, 4.69) is 0 Å². The second-order valence-corrected chi connectivity index (χ2v) is 4.08. The van der Waals surface area contributed by atoms with Crippen LogP contribution >= 0.6 is 11.6 Å². The van der Waals surface area contributed by atoms with Crippen LogP contribution in [0.4, 0.5) is 0 Å². The molecule has 0 spiro atoms. The van der Waals surface area contributed by atoms with Crippen molar-refractivity contribution in [2.75, 3.05) is 20.3 Å². The van der Waals surface area contributed by atoms with Crippen molar-refractivity contribution in [1.82, 2.24) is 0 Å². The van der Waals surface area contributed by atoms with Gasteiger partial charge >= 0.3 is 0 Å². The summed E-state index contributed by atoms with van der Waals surface area (Å²) < 4.78 is 10.5. The molecule has 0 heterocycles. The lowest BCUT2D eigenvalue weighted by Crippen LogP contribution is -2.05. The average Bonchev–Trinajstić information content (AvgIpc) is 2.26. The number of ether oxygens (including phenoxy) is 2. The highest BCUT2D eigenvalue weighted by Crippen LogP contribution is 2.27. The lowest BCUT2D eigenvalue weighted by Gasteiger charge is -2.11. The van der Waals surface area contributed by atoms with Gasteiger partial charge in [0.05, 0.1) is 11.6 Å². The average molecular weight is 244 g/mol. The van der Waals surface area contributed by atoms with Crippen molar-refractivity contribution < 1.29 is 9.47 Å². The standard InChI is InChI=1S/C12H18ClNO2/c1-9(14)10-4-5-12(11(13)8-10)16-7-3-6-15-2/h4-5,8-9H,3,6-7,14H2,1-2H3. The van der Waals surface area contributed by atoms with Gasteiger partial charge in [0.1, 0.15) is 5.75 Å². The molecule has 90 valence electrons. The van der Waals surface area contributed by atoms with Crippen LogP contribution in [0.3, 0.4) is 0 Å². The molecule has 2 N–H and O–H groups in total. The molecule has 0 aliphatic carbocycles. The molecule has 0 aliphatic rings. The molecule has 3 nitrogen and oxygen atoms in total. The molecule has 1 unspecified atom stereocenters. The number of benzene rings is 1. The van der Waals surface area contributed by atoms with E-state index in [4.69, 9.17) is 26.8 Å². The fraction of sp³-hybridized carbons (Fsp3) is 0.500. The normalized spacial score (nSPS) is 12.5. The van der Waals surface area contributed by atoms with E-state index in [-0.39, 0.29) is 6.04 Å². The lowest BCUT2D eigenvalue weighted by atomic mass is 10.1. The van der Waals surface area contributed by atoms with Gasteiger partial charge in [-0.15, -0.1) is 0 Å². The Kier molecular flexibility index (Phi) is 5.60. The smallest absolute Gasteiger partial charge is 0.137 e. The number of nitrogens with two attached hydrogens (primary N) is 1. The molecule has 0 saturated heterocycles. The highest BCUT2D eigenvalue weighted by atomic mass is 35.5. The van der Waals surface area contributed by atoms with Gasteiger partial charge in [-0.1, -0.05) is 17.7 Å². The molecule has 1 atom stereocenters. The number of hydrogen-bond donors (Lipinski definition) is 1. The van der Waals surface area contributed by atoms with E-state index in [0.717, 1.165) is 12.0 Å². The predicted molar refractivity (Wildman–Crippen MR) is 66.0 cm³/mol. The predicted octanol–water partition coefficient (Wildman–Crippen LogP) is 2.78. The summed E-state index contributed by atoms with van der Waals surface area (Å²) in [5.41, 5.74) is 6.76. The molecule has 0 radical (unpaired) electrons. The molecule has 0 aromatic heterocycles. The van der Waals surface area contributed by atoms with Crippen LogP contribution in [-0.2, 0) is 4.74 Å². The van der Waals surface area contributed by atoms with Crippen molar-refractivity contribution in [3.05, 3.63) is 28.8 Å². The molecule has 0 amide bonds. The summed E-state index contributed by atoms with van der Waals surface area (Å²) in [6.07, 6.45) is 0.849. The first-order valence-electron chi connectivity index (χ1n) is 5.32. The van der Waals surface area contributed by atoms with Crippen LogP contribution in [0.2, 0.25) is 5.02 Å². The summed E-state index contributed by atoms with van der Waals surface area (Å²) >= 11 is 6.07. The number of rotatable bonds is 6. The summed E-state index contributed by atoms with van der Waals surface area (Å²) in [6, 6.07) is 5.62. The Hall–Kier alpha value is -0.770. The highest BCUT2D eigenvalue weighted by Gasteiger charge is 2.05. The van der Waals surface area contributed by atoms with E-state index in [9.17, 15) is 0 Å². The summed E-state index contributed by atoms with van der Waals surface area (Å²) in [4.78, 5) is 0. The van der Waals surface area contributed by atoms with Crippen molar-refractivity contribution in [2.45, 2.75) is 19.4 Å². The van der Waals surface area contributed by atoms with Crippen LogP contribution in [0, 0.1) is 0 Å². The van der Waals surface area contributed by atoms with Crippen LogP contribution in [0.15, 0.2) is 18.2 Å². The van der Waals surface area contributed by atoms with Gasteiger partial charge in [-0.25, -0.2) is 0 Å². The molecule has 4 heteroatoms. The molecule has 0 aliphatic heterocycles. The molecule has 1 aromatic carbocycles. The van der Waals surface area contributed by atoms with Crippen molar-refractivity contribution >= 4 is 11.6 Å². The maximum absolute atomic E-state index is 6.07. The van der Waals surface area contributed by atoms with Gasteiger partial charge in [-0.05, 0) is 24.6 Å². The first-order chi connectivity index (χ1) is 7.65. The third kappa shape index (κ3) is 4.00. The molecule has 0 bridgehead atoms. The van der Waals surface area contributed by atoms with E-state index in [0.29, 0.717) is 24.0 Å². The van der Waals surface area contributed by atoms with Crippen LogP contribution in [0.25, 0.3) is 0 Å². The van der Waals surface area contributed by atoms with Gasteiger partial charge < -0.3 is 15.2 Å². The molecular weight excluding hydrogens is 226 g/mol. The van der Waals surface area contributed by atoms with Crippen molar-refractivity contribution in [3.8, 4) is 5.75 Å². The van der Waals surface area contributed by atoms with Gasteiger partial charge in [0.2, 0.25) is 0 Å². The Morgan fingerprint density at radius 1 is 1.38 bits per heavy atom. The Morgan fingerprint density at radius 2 is 2.12 bits per heavy atom. The SMILES string of the molecule is COCCCOc1ccc(C(C)N)cc1Cl. The fourth-order valence-electron chi connectivity index (χ4n) is 1.30. The minimum atomic E-state index is -0.0139. The lowest BCUT2D eigenvalue weighted by molar-refractivity contribution is 0.172. The third-order valence-electron chi connectivity index (χ3n) is 2.23. The van der Waals surface area contributed by atoms with E-state index in [1.165, 1.54) is 0 Å². The van der Waals surface area contributed by atoms with Gasteiger partial charge in [-0.3, -0.25) is 0 Å². The molecule has 1 rings (SSSR count). The van der Waals surface area contributed by atoms with Crippen molar-refractivity contribution in [1.29, 1.82) is 0 Å². The minimum absolute atomic E-state index is 0.0139. The van der Waals surface area contributed by atoms with E-state index in [1.54, 1.807) is 7.11 Å². The summed E-state index contributed by atoms with van der Waals surface area (Å²) in [5, 5.41) is 0.604. The molecule has 0 saturated carbocycles. The summed E-state index contributed by atoms with van der Waals surface area (Å²) in [6.45, 7) is 3.21. The van der Waals surface area contributed by atoms with E-state index >= 15 is 0 Å². The third-order valence-corrected chi connectivity index (χ3v) is 2.53. The van der Waals surface area contributed by atoms with Gasteiger partial charge in [0, 0.05) is 26.2 Å². The summed E-state index contributed by atoms with van der Waals surface area (Å²) in [5.74, 6) is 0.696. The zero-order chi connectivity index (χ0) is 12.0. The number of hydrogen-bond acceptors (Lipinski definition) is 3. The second kappa shape index (κ2) is 6.74. The Bertz CT molecular complexity index is 329. The van der Waals surface area contributed by atoms with Crippen molar-refractivity contribution in [3.63, 3.8) is 0 Å². The Labute approximate surface area is 101 Å². The van der Waals surface area contributed by atoms with Gasteiger partial charge in [0.25, 0.3) is 0 Å². The van der Waals surface area contributed by atoms with Crippen molar-refractivity contribution in [2.24, 2.45) is 5.73 Å². The van der Waals surface area contributed by atoms with Crippen LogP contribution in [0.1, 0.15) is 24.9 Å². The quantitative estimate of drug-likeness (QED) is 0.782. The zero-order valence-corrected chi connectivity index (χ0v) is 10.5. The first-order valence-corrected chi connectivity index (χ1v) is 5.69. The first kappa shape index (κ1) is 13.3. The van der Waals surface area contributed by atoms with Crippen LogP contribution < -0.4 is 10.5 Å². The van der Waals surface area contributed by atoms with Gasteiger partial charge in [-0.2, -0.15) is 0 Å². The maximum atomic E-state index is 6.07. The minimum Gasteiger partial charge on any atom is -0.492 e. The van der Waals surface area contributed by atoms with E-state index in [1.807, 2.05) is 25.1 Å². The van der Waals surface area contributed by atoms with Crippen LogP contribution in [-0.4, -0.2) is 20.3 Å². The molecule has 16 heavy (non-hydrogen) atoms. The second-order valence-electron chi connectivity index (χ2n) is 3.67. The molecular formula is C12H18ClNO2. The zero-order valence-electron chi connectivity index (χ0n) is 9.70.